The van der Waals surface area contributed by atoms with Crippen molar-refractivity contribution in [3.8, 4) is 0 Å². The van der Waals surface area contributed by atoms with Crippen LogP contribution < -0.4 is 0 Å². The molecule has 5 heteroatoms. The summed E-state index contributed by atoms with van der Waals surface area (Å²) in [5, 5.41) is 11.0. The minimum absolute atomic E-state index is 0.207. The Morgan fingerprint density at radius 1 is 1.23 bits per heavy atom. The molecular weight excluding hydrogens is 300 g/mol. The lowest BCUT2D eigenvalue weighted by molar-refractivity contribution is 0.0400. The lowest BCUT2D eigenvalue weighted by Gasteiger charge is -2.36. The molecule has 1 aliphatic rings. The summed E-state index contributed by atoms with van der Waals surface area (Å²) < 4.78 is 5.79. The number of nitrogens with zero attached hydrogens (tertiary/aromatic N) is 2. The molecule has 1 saturated carbocycles. The molecule has 0 aliphatic heterocycles. The van der Waals surface area contributed by atoms with E-state index in [1.165, 1.54) is 0 Å². The second-order valence-corrected chi connectivity index (χ2v) is 6.23. The summed E-state index contributed by atoms with van der Waals surface area (Å²) in [4.78, 5) is 8.74. The third-order valence-corrected chi connectivity index (χ3v) is 4.56. The van der Waals surface area contributed by atoms with E-state index in [2.05, 4.69) is 9.97 Å². The fourth-order valence-corrected chi connectivity index (χ4v) is 3.17. The monoisotopic (exact) mass is 314 g/mol. The molecule has 1 unspecified atom stereocenters. The highest BCUT2D eigenvalue weighted by Crippen LogP contribution is 2.47. The number of benzene rings is 1. The molecule has 0 spiro atoms. The lowest BCUT2D eigenvalue weighted by Crippen LogP contribution is -2.28. The van der Waals surface area contributed by atoms with Crippen LogP contribution in [0.15, 0.2) is 47.0 Å². The predicted octanol–water partition coefficient (Wildman–Crippen LogP) is 4.10. The summed E-state index contributed by atoms with van der Waals surface area (Å²) in [5.41, 5.74) is 2.28. The van der Waals surface area contributed by atoms with Gasteiger partial charge in [-0.15, -0.1) is 0 Å². The van der Waals surface area contributed by atoms with Crippen molar-refractivity contribution in [2.45, 2.75) is 24.9 Å². The van der Waals surface area contributed by atoms with Gasteiger partial charge in [0.2, 0.25) is 0 Å². The summed E-state index contributed by atoms with van der Waals surface area (Å²) in [7, 11) is 0. The highest BCUT2D eigenvalue weighted by Gasteiger charge is 2.38. The van der Waals surface area contributed by atoms with Crippen molar-refractivity contribution >= 4 is 22.7 Å². The maximum absolute atomic E-state index is 10.4. The zero-order valence-corrected chi connectivity index (χ0v) is 12.6. The van der Waals surface area contributed by atoms with Crippen LogP contribution in [-0.2, 0) is 0 Å². The number of halogens is 1. The van der Waals surface area contributed by atoms with Crippen LogP contribution in [0.5, 0.6) is 0 Å². The number of oxazole rings is 1. The number of hydrogen-bond acceptors (Lipinski definition) is 4. The maximum atomic E-state index is 10.4. The Bertz CT molecular complexity index is 797. The topological polar surface area (TPSA) is 59.2 Å². The van der Waals surface area contributed by atoms with Crippen molar-refractivity contribution in [3.63, 3.8) is 0 Å². The van der Waals surface area contributed by atoms with Gasteiger partial charge < -0.3 is 9.52 Å². The van der Waals surface area contributed by atoms with Crippen LogP contribution in [0.2, 0.25) is 5.02 Å². The first kappa shape index (κ1) is 13.7. The largest absolute Gasteiger partial charge is 0.440 e. The van der Waals surface area contributed by atoms with Crippen molar-refractivity contribution in [2.75, 3.05) is 0 Å². The Kier molecular flexibility index (Phi) is 3.36. The number of hydrogen-bond donors (Lipinski definition) is 1. The molecule has 1 aliphatic carbocycles. The standard InChI is InChI=1S/C17H15ClN2O2/c18-12-4-5-13-15(9-12)22-17(20-13)11-7-10(8-11)16(21)14-3-1-2-6-19-14/h1-6,9-11,16,21H,7-8H2. The number of pyridine rings is 1. The Balaban J connectivity index is 1.48. The van der Waals surface area contributed by atoms with Gasteiger partial charge in [0.25, 0.3) is 0 Å². The molecule has 112 valence electrons. The van der Waals surface area contributed by atoms with E-state index in [4.69, 9.17) is 16.0 Å². The number of aliphatic hydroxyl groups excluding tert-OH is 1. The summed E-state index contributed by atoms with van der Waals surface area (Å²) in [6, 6.07) is 11.1. The molecule has 0 radical (unpaired) electrons. The van der Waals surface area contributed by atoms with Gasteiger partial charge in [-0.05, 0) is 43.0 Å². The SMILES string of the molecule is OC(c1ccccn1)C1CC(c2nc3ccc(Cl)cc3o2)C1. The van der Waals surface area contributed by atoms with Crippen molar-refractivity contribution in [1.82, 2.24) is 9.97 Å². The molecule has 3 aromatic rings. The fraction of sp³-hybridized carbons (Fsp3) is 0.294. The van der Waals surface area contributed by atoms with Gasteiger partial charge in [0.1, 0.15) is 5.52 Å². The molecule has 2 heterocycles. The molecule has 1 N–H and O–H groups in total. The summed E-state index contributed by atoms with van der Waals surface area (Å²) in [5.74, 6) is 1.20. The van der Waals surface area contributed by atoms with Crippen molar-refractivity contribution in [3.05, 3.63) is 59.2 Å². The van der Waals surface area contributed by atoms with Crippen LogP contribution in [0.3, 0.4) is 0 Å². The normalized spacial score (nSPS) is 22.5. The van der Waals surface area contributed by atoms with E-state index in [9.17, 15) is 5.11 Å². The Morgan fingerprint density at radius 3 is 2.86 bits per heavy atom. The fourth-order valence-electron chi connectivity index (χ4n) is 3.00. The molecule has 1 atom stereocenters. The first-order valence-electron chi connectivity index (χ1n) is 7.35. The van der Waals surface area contributed by atoms with E-state index in [1.54, 1.807) is 12.3 Å². The summed E-state index contributed by atoms with van der Waals surface area (Å²) >= 11 is 5.96. The Morgan fingerprint density at radius 2 is 2.09 bits per heavy atom. The van der Waals surface area contributed by atoms with Gasteiger partial charge in [0.05, 0.1) is 11.8 Å². The van der Waals surface area contributed by atoms with Gasteiger partial charge in [-0.25, -0.2) is 4.98 Å². The van der Waals surface area contributed by atoms with Crippen molar-refractivity contribution in [1.29, 1.82) is 0 Å². The van der Waals surface area contributed by atoms with Gasteiger partial charge in [-0.1, -0.05) is 17.7 Å². The Labute approximate surface area is 132 Å². The molecule has 4 nitrogen and oxygen atoms in total. The summed E-state index contributed by atoms with van der Waals surface area (Å²) in [6.45, 7) is 0. The van der Waals surface area contributed by atoms with E-state index in [-0.39, 0.29) is 11.8 Å². The van der Waals surface area contributed by atoms with Crippen molar-refractivity contribution < 1.29 is 9.52 Å². The number of aromatic nitrogens is 2. The van der Waals surface area contributed by atoms with E-state index >= 15 is 0 Å². The van der Waals surface area contributed by atoms with Gasteiger partial charge >= 0.3 is 0 Å². The zero-order chi connectivity index (χ0) is 15.1. The minimum Gasteiger partial charge on any atom is -0.440 e. The second kappa shape index (κ2) is 5.38. The minimum atomic E-state index is -0.517. The van der Waals surface area contributed by atoms with E-state index < -0.39 is 6.10 Å². The maximum Gasteiger partial charge on any atom is 0.198 e. The average molecular weight is 315 g/mol. The van der Waals surface area contributed by atoms with Gasteiger partial charge in [0.15, 0.2) is 11.5 Å². The molecule has 2 aromatic heterocycles. The average Bonchev–Trinajstić information content (AvgIpc) is 2.89. The number of aliphatic hydroxyl groups is 1. The Hall–Kier alpha value is -1.91. The molecule has 4 rings (SSSR count). The van der Waals surface area contributed by atoms with Crippen LogP contribution in [0, 0.1) is 5.92 Å². The van der Waals surface area contributed by atoms with E-state index in [0.29, 0.717) is 5.02 Å². The summed E-state index contributed by atoms with van der Waals surface area (Å²) in [6.07, 6.45) is 2.91. The van der Waals surface area contributed by atoms with Crippen molar-refractivity contribution in [2.24, 2.45) is 5.92 Å². The smallest absolute Gasteiger partial charge is 0.198 e. The van der Waals surface area contributed by atoms with Crippen LogP contribution in [0.1, 0.15) is 36.4 Å². The first-order chi connectivity index (χ1) is 10.7. The predicted molar refractivity (Wildman–Crippen MR) is 83.7 cm³/mol. The first-order valence-corrected chi connectivity index (χ1v) is 7.73. The molecule has 1 aromatic carbocycles. The number of rotatable bonds is 3. The molecule has 0 bridgehead atoms. The third-order valence-electron chi connectivity index (χ3n) is 4.33. The quantitative estimate of drug-likeness (QED) is 0.790. The molecule has 1 fully saturated rings. The third kappa shape index (κ3) is 2.38. The highest BCUT2D eigenvalue weighted by atomic mass is 35.5. The van der Waals surface area contributed by atoms with Crippen LogP contribution in [-0.4, -0.2) is 15.1 Å². The molecule has 22 heavy (non-hydrogen) atoms. The zero-order valence-electron chi connectivity index (χ0n) is 11.8. The van der Waals surface area contributed by atoms with Crippen LogP contribution >= 0.6 is 11.6 Å². The van der Waals surface area contributed by atoms with E-state index in [1.807, 2.05) is 30.3 Å². The van der Waals surface area contributed by atoms with Gasteiger partial charge in [-0.2, -0.15) is 0 Å². The number of fused-ring (bicyclic) bond motifs is 1. The molecule has 0 saturated heterocycles. The van der Waals surface area contributed by atoms with E-state index in [0.717, 1.165) is 35.5 Å². The highest BCUT2D eigenvalue weighted by molar-refractivity contribution is 6.31. The van der Waals surface area contributed by atoms with Crippen LogP contribution in [0.25, 0.3) is 11.1 Å². The molecular formula is C17H15ClN2O2. The van der Waals surface area contributed by atoms with Crippen LogP contribution in [0.4, 0.5) is 0 Å². The second-order valence-electron chi connectivity index (χ2n) is 5.79. The van der Waals surface area contributed by atoms with Gasteiger partial charge in [0, 0.05) is 23.2 Å². The van der Waals surface area contributed by atoms with Gasteiger partial charge in [-0.3, -0.25) is 4.98 Å². The molecule has 0 amide bonds. The lowest BCUT2D eigenvalue weighted by atomic mass is 9.71.